The van der Waals surface area contributed by atoms with Crippen molar-refractivity contribution >= 4 is 5.97 Å². The van der Waals surface area contributed by atoms with Crippen LogP contribution in [-0.4, -0.2) is 16.2 Å². The molecule has 2 atom stereocenters. The number of carbonyl (C=O) groups is 1. The maximum atomic E-state index is 11.5. The number of rotatable bonds is 4. The van der Waals surface area contributed by atoms with Gasteiger partial charge in [0, 0.05) is 0 Å². The zero-order chi connectivity index (χ0) is 13.8. The second-order valence-electron chi connectivity index (χ2n) is 4.61. The lowest BCUT2D eigenvalue weighted by Gasteiger charge is -2.21. The van der Waals surface area contributed by atoms with Crippen molar-refractivity contribution in [3.63, 3.8) is 0 Å². The first-order chi connectivity index (χ1) is 9.09. The first kappa shape index (κ1) is 13.1. The fourth-order valence-corrected chi connectivity index (χ4v) is 2.28. The van der Waals surface area contributed by atoms with E-state index in [2.05, 4.69) is 0 Å². The van der Waals surface area contributed by atoms with Crippen molar-refractivity contribution in [2.24, 2.45) is 0 Å². The lowest BCUT2D eigenvalue weighted by molar-refractivity contribution is -0.139. The van der Waals surface area contributed by atoms with Gasteiger partial charge in [-0.05, 0) is 29.2 Å². The summed E-state index contributed by atoms with van der Waals surface area (Å²) < 4.78 is 0. The van der Waals surface area contributed by atoms with Crippen LogP contribution in [0.2, 0.25) is 0 Å². The van der Waals surface area contributed by atoms with Crippen molar-refractivity contribution in [3.8, 4) is 5.75 Å². The molecule has 0 aliphatic carbocycles. The largest absolute Gasteiger partial charge is 0.508 e. The molecule has 2 rings (SSSR count). The van der Waals surface area contributed by atoms with Crippen LogP contribution in [0, 0.1) is 0 Å². The molecule has 0 spiro atoms. The summed E-state index contributed by atoms with van der Waals surface area (Å²) in [5.41, 5.74) is 1.68. The van der Waals surface area contributed by atoms with Crippen molar-refractivity contribution in [2.45, 2.75) is 18.8 Å². The van der Waals surface area contributed by atoms with Crippen LogP contribution in [0.25, 0.3) is 0 Å². The summed E-state index contributed by atoms with van der Waals surface area (Å²) in [6, 6.07) is 15.9. The third-order valence-electron chi connectivity index (χ3n) is 3.34. The molecule has 0 fully saturated rings. The second kappa shape index (κ2) is 5.57. The molecule has 2 unspecified atom stereocenters. The van der Waals surface area contributed by atoms with Crippen LogP contribution in [0.15, 0.2) is 54.6 Å². The lowest BCUT2D eigenvalue weighted by atomic mass is 9.83. The van der Waals surface area contributed by atoms with Gasteiger partial charge in [0.25, 0.3) is 0 Å². The van der Waals surface area contributed by atoms with E-state index in [4.69, 9.17) is 0 Å². The smallest absolute Gasteiger partial charge is 0.311 e. The monoisotopic (exact) mass is 256 g/mol. The molecule has 2 aromatic carbocycles. The maximum absolute atomic E-state index is 11.5. The molecule has 3 heteroatoms. The van der Waals surface area contributed by atoms with Crippen LogP contribution in [0.3, 0.4) is 0 Å². The van der Waals surface area contributed by atoms with Crippen LogP contribution in [0.1, 0.15) is 29.9 Å². The van der Waals surface area contributed by atoms with Gasteiger partial charge < -0.3 is 10.2 Å². The number of hydrogen-bond acceptors (Lipinski definition) is 2. The van der Waals surface area contributed by atoms with Gasteiger partial charge in [0.2, 0.25) is 0 Å². The minimum Gasteiger partial charge on any atom is -0.508 e. The molecule has 0 amide bonds. The SMILES string of the molecule is CC(c1ccc(O)cc1)C(C(=O)O)c1ccccc1. The number of aromatic hydroxyl groups is 1. The Morgan fingerprint density at radius 2 is 1.53 bits per heavy atom. The Morgan fingerprint density at radius 3 is 2.05 bits per heavy atom. The van der Waals surface area contributed by atoms with Crippen molar-refractivity contribution in [1.29, 1.82) is 0 Å². The van der Waals surface area contributed by atoms with E-state index in [1.807, 2.05) is 37.3 Å². The van der Waals surface area contributed by atoms with Gasteiger partial charge in [0.05, 0.1) is 5.92 Å². The van der Waals surface area contributed by atoms with Gasteiger partial charge in [-0.15, -0.1) is 0 Å². The number of carboxylic acid groups (broad SMARTS) is 1. The summed E-state index contributed by atoms with van der Waals surface area (Å²) in [5, 5.41) is 18.8. The predicted octanol–water partition coefficient (Wildman–Crippen LogP) is 3.36. The van der Waals surface area contributed by atoms with Gasteiger partial charge in [-0.1, -0.05) is 49.4 Å². The lowest BCUT2D eigenvalue weighted by Crippen LogP contribution is -2.18. The molecule has 0 aliphatic rings. The maximum Gasteiger partial charge on any atom is 0.311 e. The summed E-state index contributed by atoms with van der Waals surface area (Å²) in [6.45, 7) is 1.89. The number of phenols is 1. The van der Waals surface area contributed by atoms with Crippen molar-refractivity contribution < 1.29 is 15.0 Å². The van der Waals surface area contributed by atoms with E-state index in [0.717, 1.165) is 11.1 Å². The minimum absolute atomic E-state index is 0.166. The van der Waals surface area contributed by atoms with E-state index in [1.165, 1.54) is 0 Å². The van der Waals surface area contributed by atoms with Crippen LogP contribution in [0.4, 0.5) is 0 Å². The van der Waals surface area contributed by atoms with Crippen molar-refractivity contribution in [3.05, 3.63) is 65.7 Å². The normalized spacial score (nSPS) is 13.7. The Hall–Kier alpha value is -2.29. The zero-order valence-corrected chi connectivity index (χ0v) is 10.7. The highest BCUT2D eigenvalue weighted by Crippen LogP contribution is 2.33. The van der Waals surface area contributed by atoms with E-state index in [9.17, 15) is 15.0 Å². The summed E-state index contributed by atoms with van der Waals surface area (Å²) in [6.07, 6.45) is 0. The van der Waals surface area contributed by atoms with Gasteiger partial charge in [0.15, 0.2) is 0 Å². The fourth-order valence-electron chi connectivity index (χ4n) is 2.28. The third-order valence-corrected chi connectivity index (χ3v) is 3.34. The average Bonchev–Trinajstić information content (AvgIpc) is 2.40. The van der Waals surface area contributed by atoms with Crippen molar-refractivity contribution in [2.75, 3.05) is 0 Å². The topological polar surface area (TPSA) is 57.5 Å². The molecule has 3 nitrogen and oxygen atoms in total. The predicted molar refractivity (Wildman–Crippen MR) is 73.3 cm³/mol. The molecule has 2 N–H and O–H groups in total. The van der Waals surface area contributed by atoms with Crippen LogP contribution in [0.5, 0.6) is 5.75 Å². The Kier molecular flexibility index (Phi) is 3.85. The van der Waals surface area contributed by atoms with Crippen LogP contribution < -0.4 is 0 Å². The molecule has 0 aromatic heterocycles. The van der Waals surface area contributed by atoms with Crippen molar-refractivity contribution in [1.82, 2.24) is 0 Å². The summed E-state index contributed by atoms with van der Waals surface area (Å²) >= 11 is 0. The third kappa shape index (κ3) is 2.94. The van der Waals surface area contributed by atoms with Gasteiger partial charge in [0.1, 0.15) is 5.75 Å². The van der Waals surface area contributed by atoms with E-state index >= 15 is 0 Å². The van der Waals surface area contributed by atoms with Gasteiger partial charge in [-0.3, -0.25) is 4.79 Å². The Balaban J connectivity index is 2.35. The average molecular weight is 256 g/mol. The Morgan fingerprint density at radius 1 is 0.947 bits per heavy atom. The first-order valence-electron chi connectivity index (χ1n) is 6.16. The summed E-state index contributed by atoms with van der Waals surface area (Å²) in [7, 11) is 0. The second-order valence-corrected chi connectivity index (χ2v) is 4.61. The van der Waals surface area contributed by atoms with Gasteiger partial charge in [-0.25, -0.2) is 0 Å². The molecular formula is C16H16O3. The van der Waals surface area contributed by atoms with Gasteiger partial charge >= 0.3 is 5.97 Å². The van der Waals surface area contributed by atoms with Gasteiger partial charge in [-0.2, -0.15) is 0 Å². The summed E-state index contributed by atoms with van der Waals surface area (Å²) in [4.78, 5) is 11.5. The molecule has 98 valence electrons. The molecule has 0 saturated carbocycles. The highest BCUT2D eigenvalue weighted by molar-refractivity contribution is 5.77. The number of aliphatic carboxylic acids is 1. The molecular weight excluding hydrogens is 240 g/mol. The number of hydrogen-bond donors (Lipinski definition) is 2. The minimum atomic E-state index is -0.841. The molecule has 0 bridgehead atoms. The Bertz CT molecular complexity index is 546. The molecule has 0 saturated heterocycles. The Labute approximate surface area is 112 Å². The van der Waals surface area contributed by atoms with Crippen LogP contribution in [-0.2, 0) is 4.79 Å². The molecule has 2 aromatic rings. The standard InChI is InChI=1S/C16H16O3/c1-11(12-7-9-14(17)10-8-12)15(16(18)19)13-5-3-2-4-6-13/h2-11,15,17H,1H3,(H,18,19). The van der Waals surface area contributed by atoms with E-state index in [-0.39, 0.29) is 11.7 Å². The number of benzene rings is 2. The number of carboxylic acids is 1. The first-order valence-corrected chi connectivity index (χ1v) is 6.16. The highest BCUT2D eigenvalue weighted by Gasteiger charge is 2.27. The van der Waals surface area contributed by atoms with Crippen LogP contribution >= 0.6 is 0 Å². The van der Waals surface area contributed by atoms with E-state index < -0.39 is 11.9 Å². The van der Waals surface area contributed by atoms with E-state index in [0.29, 0.717) is 0 Å². The van der Waals surface area contributed by atoms with E-state index in [1.54, 1.807) is 24.3 Å². The molecule has 0 heterocycles. The highest BCUT2D eigenvalue weighted by atomic mass is 16.4. The summed E-state index contributed by atoms with van der Waals surface area (Å²) in [5.74, 6) is -1.42. The fraction of sp³-hybridized carbons (Fsp3) is 0.188. The quantitative estimate of drug-likeness (QED) is 0.881. The zero-order valence-electron chi connectivity index (χ0n) is 10.7. The molecule has 0 radical (unpaired) electrons. The molecule has 19 heavy (non-hydrogen) atoms. The number of phenolic OH excluding ortho intramolecular Hbond substituents is 1. The molecule has 0 aliphatic heterocycles.